The van der Waals surface area contributed by atoms with E-state index in [1.807, 2.05) is 106 Å². The minimum Gasteiger partial charge on any atom is -0.458 e. The fourth-order valence-corrected chi connectivity index (χ4v) is 15.3. The minimum atomic E-state index is -1.16. The lowest BCUT2D eigenvalue weighted by Crippen LogP contribution is -2.45. The Labute approximate surface area is 587 Å². The van der Waals surface area contributed by atoms with E-state index in [-0.39, 0.29) is 99.2 Å². The number of carbonyl (C=O) groups is 2. The smallest absolute Gasteiger partial charge is 0.331 e. The number of aliphatic hydroxyl groups is 8. The quantitative estimate of drug-likeness (QED) is 0.0527. The first-order chi connectivity index (χ1) is 46.4. The topological polar surface area (TPSA) is 288 Å². The van der Waals surface area contributed by atoms with E-state index < -0.39 is 133 Å². The number of allylic oxidation sites excluding steroid dienone is 4. The number of esters is 2. The van der Waals surface area contributed by atoms with Crippen molar-refractivity contribution in [2.75, 3.05) is 28.4 Å². The lowest BCUT2D eigenvalue weighted by atomic mass is 9.78. The molecule has 8 N–H and O–H groups in total. The standard InChI is InChI=1S/C78H132O20/c1-45-23-29-57(79)37-59-19-17-21-61(95-59)41-71(91-15)52(8)68(82)44-70(84)54(10)78(56(12)76(88)48(4)28-32-64-40-66(90-14)36-50(6)94-64)98-74(86)34-26-46(2)24-30-58(80)38-60-20-18-22-62(96-60)42-72(92-16)51(7)67(81)43-69(83)53(9)77(97-73(85)33-25-45)55(11)75(87)47(3)27-31-63-39-65(89-13)35-49(5)93-63/h17-20,23-26,33-34,47-72,75-84,87-88H,21-22,27-32,35-44H2,1-16H3/b33-25+,34-26+,45-23+,46-24+/t47-,48-,49-,50-,51-,52+,53-,54-,55-,56-,57-,58-,59-,60+,61-,62-,63-,64-,65+,66+,67+,68+,69+,70+,71-,72-,75-,76-,77-,78-/m0/s1. The highest BCUT2D eigenvalue weighted by Gasteiger charge is 2.42. The Morgan fingerprint density at radius 1 is 0.449 bits per heavy atom. The Bertz CT molecular complexity index is 2320. The van der Waals surface area contributed by atoms with Crippen LogP contribution in [0.25, 0.3) is 0 Å². The molecule has 30 atom stereocenters. The lowest BCUT2D eigenvalue weighted by Gasteiger charge is -2.38. The summed E-state index contributed by atoms with van der Waals surface area (Å²) in [4.78, 5) is 27.8. The van der Waals surface area contributed by atoms with Crippen LogP contribution in [0.2, 0.25) is 0 Å². The monoisotopic (exact) mass is 1390 g/mol. The molecule has 0 aliphatic carbocycles. The van der Waals surface area contributed by atoms with Crippen LogP contribution in [-0.4, -0.2) is 216 Å². The van der Waals surface area contributed by atoms with Crippen molar-refractivity contribution >= 4 is 11.9 Å². The molecule has 20 nitrogen and oxygen atoms in total. The van der Waals surface area contributed by atoms with Gasteiger partial charge in [0.2, 0.25) is 0 Å². The average molecular weight is 1390 g/mol. The van der Waals surface area contributed by atoms with Crippen molar-refractivity contribution in [1.29, 1.82) is 0 Å². The van der Waals surface area contributed by atoms with Gasteiger partial charge in [-0.3, -0.25) is 0 Å². The number of aliphatic hydroxyl groups excluding tert-OH is 8. The van der Waals surface area contributed by atoms with Gasteiger partial charge in [-0.2, -0.15) is 0 Å². The van der Waals surface area contributed by atoms with Gasteiger partial charge < -0.3 is 88.2 Å². The highest BCUT2D eigenvalue weighted by molar-refractivity contribution is 5.83. The summed E-state index contributed by atoms with van der Waals surface area (Å²) in [6.07, 6.45) is 14.1. The molecular weight excluding hydrogens is 1260 g/mol. The number of carbonyl (C=O) groups excluding carboxylic acids is 2. The highest BCUT2D eigenvalue weighted by Crippen LogP contribution is 2.37. The maximum Gasteiger partial charge on any atom is 0.331 e. The number of methoxy groups -OCH3 is 4. The molecule has 0 aromatic rings. The molecule has 5 aliphatic heterocycles. The fraction of sp³-hybridized carbons (Fsp3) is 0.821. The summed E-state index contributed by atoms with van der Waals surface area (Å²) in [7, 11) is 6.58. The Balaban J connectivity index is 1.36. The molecule has 20 heteroatoms. The van der Waals surface area contributed by atoms with Gasteiger partial charge in [-0.15, -0.1) is 0 Å². The summed E-state index contributed by atoms with van der Waals surface area (Å²) in [5, 5.41) is 94.4. The van der Waals surface area contributed by atoms with Gasteiger partial charge in [0.15, 0.2) is 0 Å². The molecule has 0 radical (unpaired) electrons. The van der Waals surface area contributed by atoms with Gasteiger partial charge in [0.05, 0.1) is 122 Å². The third-order valence-corrected chi connectivity index (χ3v) is 22.3. The summed E-state index contributed by atoms with van der Waals surface area (Å²) in [6.45, 7) is 22.5. The molecule has 5 rings (SSSR count). The lowest BCUT2D eigenvalue weighted by molar-refractivity contribution is -0.158. The summed E-state index contributed by atoms with van der Waals surface area (Å²) in [6, 6.07) is 0. The van der Waals surface area contributed by atoms with E-state index in [0.29, 0.717) is 62.5 Å². The van der Waals surface area contributed by atoms with Crippen molar-refractivity contribution in [3.05, 3.63) is 71.9 Å². The predicted molar refractivity (Wildman–Crippen MR) is 377 cm³/mol. The summed E-state index contributed by atoms with van der Waals surface area (Å²) < 4.78 is 61.3. The molecule has 2 saturated heterocycles. The Morgan fingerprint density at radius 2 is 0.806 bits per heavy atom. The van der Waals surface area contributed by atoms with E-state index in [2.05, 4.69) is 0 Å². The molecule has 0 amide bonds. The largest absolute Gasteiger partial charge is 0.458 e. The van der Waals surface area contributed by atoms with E-state index in [4.69, 9.17) is 47.4 Å². The third-order valence-electron chi connectivity index (χ3n) is 22.3. The van der Waals surface area contributed by atoms with E-state index >= 15 is 0 Å². The molecule has 0 aromatic heterocycles. The van der Waals surface area contributed by atoms with Crippen molar-refractivity contribution < 1.29 is 97.8 Å². The maximum atomic E-state index is 13.9. The van der Waals surface area contributed by atoms with Crippen LogP contribution in [0.1, 0.15) is 199 Å². The molecule has 4 bridgehead atoms. The molecule has 5 aliphatic rings. The van der Waals surface area contributed by atoms with Crippen LogP contribution in [0.5, 0.6) is 0 Å². The van der Waals surface area contributed by atoms with E-state index in [1.165, 1.54) is 12.2 Å². The maximum absolute atomic E-state index is 13.9. The summed E-state index contributed by atoms with van der Waals surface area (Å²) in [5.41, 5.74) is 1.39. The van der Waals surface area contributed by atoms with Crippen molar-refractivity contribution in [3.8, 4) is 0 Å². The van der Waals surface area contributed by atoms with E-state index in [9.17, 15) is 50.4 Å². The summed E-state index contributed by atoms with van der Waals surface area (Å²) in [5.74, 6) is -5.50. The average Bonchev–Trinajstić information content (AvgIpc) is 0.853. The Morgan fingerprint density at radius 3 is 1.15 bits per heavy atom. The number of ether oxygens (including phenoxy) is 10. The van der Waals surface area contributed by atoms with E-state index in [0.717, 1.165) is 25.7 Å². The van der Waals surface area contributed by atoms with Gasteiger partial charge in [0, 0.05) is 102 Å². The normalized spacial score (nSPS) is 41.1. The van der Waals surface area contributed by atoms with Crippen LogP contribution in [0.15, 0.2) is 71.9 Å². The predicted octanol–water partition coefficient (Wildman–Crippen LogP) is 10.1. The van der Waals surface area contributed by atoms with Crippen molar-refractivity contribution in [2.45, 2.75) is 333 Å². The first-order valence-corrected chi connectivity index (χ1v) is 37.1. The van der Waals surface area contributed by atoms with Gasteiger partial charge in [-0.25, -0.2) is 9.59 Å². The van der Waals surface area contributed by atoms with Crippen molar-refractivity contribution in [1.82, 2.24) is 0 Å². The van der Waals surface area contributed by atoms with Crippen LogP contribution < -0.4 is 0 Å². The first kappa shape index (κ1) is 85.4. The number of fused-ring (bicyclic) bond motifs is 4. The molecule has 98 heavy (non-hydrogen) atoms. The SMILES string of the molecule is CO[C@H]1C[C@H](CC[C@H](C)[C@H](O)[C@H](C)[C@H]2OC(=O)/C=C/C(C)=C/C[C@H](O)C[C@H]3C=CC[C@@H](C[C@H](OC)[C@@H](C)[C@H](O)C[C@@H](O)[C@H](C)[C@@H]([C@@H](C)[C@@H](O)[C@@H](C)CC[C@H]4C[C@H](OC)C[C@H](C)O4)OC(=O)/C=C/C(C)=C/C[C@H](O)C[C@@H]4C=CC[C@@H](C[C@H](OC)[C@H](C)[C@H](O)C[C@@H](O)[C@@H]2C)O4)O3)O[C@@H](C)C1. The van der Waals surface area contributed by atoms with Crippen LogP contribution in [0.4, 0.5) is 0 Å². The van der Waals surface area contributed by atoms with Crippen LogP contribution >= 0.6 is 0 Å². The fourth-order valence-electron chi connectivity index (χ4n) is 15.3. The zero-order chi connectivity index (χ0) is 72.5. The van der Waals surface area contributed by atoms with Crippen LogP contribution in [0.3, 0.4) is 0 Å². The number of hydrogen-bond acceptors (Lipinski definition) is 20. The number of rotatable bonds is 16. The molecule has 2 fully saturated rings. The number of hydrogen-bond donors (Lipinski definition) is 8. The second kappa shape index (κ2) is 43.1. The minimum absolute atomic E-state index is 0.0293. The second-order valence-electron chi connectivity index (χ2n) is 30.3. The second-order valence-corrected chi connectivity index (χ2v) is 30.3. The zero-order valence-corrected chi connectivity index (χ0v) is 62.3. The van der Waals surface area contributed by atoms with Crippen molar-refractivity contribution in [2.24, 2.45) is 47.3 Å². The van der Waals surface area contributed by atoms with Gasteiger partial charge >= 0.3 is 11.9 Å². The molecule has 0 aromatic carbocycles. The molecule has 5 heterocycles. The number of cyclic esters (lactones) is 2. The molecule has 564 valence electrons. The zero-order valence-electron chi connectivity index (χ0n) is 62.3. The Kier molecular flexibility index (Phi) is 37.6. The summed E-state index contributed by atoms with van der Waals surface area (Å²) >= 11 is 0. The van der Waals surface area contributed by atoms with Crippen LogP contribution in [-0.2, 0) is 57.0 Å². The Hall–Kier alpha value is -3.26. The van der Waals surface area contributed by atoms with Crippen LogP contribution in [0, 0.1) is 47.3 Å². The van der Waals surface area contributed by atoms with Gasteiger partial charge in [-0.05, 0) is 129 Å². The van der Waals surface area contributed by atoms with Gasteiger partial charge in [0.1, 0.15) is 12.2 Å². The van der Waals surface area contributed by atoms with Gasteiger partial charge in [0.25, 0.3) is 0 Å². The molecule has 0 spiro atoms. The molecule has 0 unspecified atom stereocenters. The van der Waals surface area contributed by atoms with E-state index in [1.54, 1.807) is 54.4 Å². The van der Waals surface area contributed by atoms with Gasteiger partial charge in [-0.1, -0.05) is 115 Å². The molecular formula is C78H132O20. The third kappa shape index (κ3) is 28.1. The first-order valence-electron chi connectivity index (χ1n) is 37.1. The van der Waals surface area contributed by atoms with Crippen molar-refractivity contribution in [3.63, 3.8) is 0 Å². The highest BCUT2D eigenvalue weighted by atomic mass is 16.6. The molecule has 0 saturated carbocycles.